The average Bonchev–Trinajstić information content (AvgIpc) is 3.87. The lowest BCUT2D eigenvalue weighted by atomic mass is 9.75. The Balaban J connectivity index is 0.982. The standard InChI is InChI=1S/C53H42N2S/c1-52(2)45-33-39(35-25-27-38(28-26-35)51-54-49(36-17-9-5-10-18-36)50(56-51)37-19-11-6-12-20-37)29-31-43(45)47-48(52)44-32-30-42(34-46(44)53(47,3)4)55(40-21-13-7-14-22-40)41-23-15-8-16-24-41/h5-34H,1-4H3. The van der Waals surface area contributed by atoms with Crippen LogP contribution < -0.4 is 4.90 Å². The molecule has 56 heavy (non-hydrogen) atoms. The van der Waals surface area contributed by atoms with Crippen LogP contribution >= 0.6 is 11.3 Å². The molecule has 7 aromatic carbocycles. The van der Waals surface area contributed by atoms with Crippen molar-refractivity contribution in [2.45, 2.75) is 38.5 Å². The first-order valence-electron chi connectivity index (χ1n) is 19.5. The minimum absolute atomic E-state index is 0.147. The molecule has 8 aromatic rings. The summed E-state index contributed by atoms with van der Waals surface area (Å²) < 4.78 is 0. The van der Waals surface area contributed by atoms with Gasteiger partial charge in [-0.3, -0.25) is 0 Å². The zero-order valence-corrected chi connectivity index (χ0v) is 32.9. The maximum absolute atomic E-state index is 5.22. The summed E-state index contributed by atoms with van der Waals surface area (Å²) in [6.07, 6.45) is 0. The van der Waals surface area contributed by atoms with Crippen LogP contribution in [0.25, 0.3) is 54.5 Å². The second-order valence-corrected chi connectivity index (χ2v) is 17.0. The molecule has 2 aliphatic carbocycles. The third-order valence-electron chi connectivity index (χ3n) is 11.9. The van der Waals surface area contributed by atoms with Crippen molar-refractivity contribution in [1.82, 2.24) is 4.98 Å². The first-order valence-corrected chi connectivity index (χ1v) is 20.3. The molecule has 10 rings (SSSR count). The molecule has 0 amide bonds. The fraction of sp³-hybridized carbons (Fsp3) is 0.113. The predicted octanol–water partition coefficient (Wildman–Crippen LogP) is 14.8. The topological polar surface area (TPSA) is 16.1 Å². The highest BCUT2D eigenvalue weighted by Crippen LogP contribution is 2.63. The fourth-order valence-corrected chi connectivity index (χ4v) is 10.2. The number of nitrogens with zero attached hydrogens (tertiary/aromatic N) is 2. The normalized spacial score (nSPS) is 14.6. The molecule has 2 aliphatic rings. The summed E-state index contributed by atoms with van der Waals surface area (Å²) in [5, 5.41) is 1.03. The highest BCUT2D eigenvalue weighted by atomic mass is 32.1. The van der Waals surface area contributed by atoms with Gasteiger partial charge in [-0.15, -0.1) is 11.3 Å². The van der Waals surface area contributed by atoms with Crippen LogP contribution in [-0.2, 0) is 10.8 Å². The maximum atomic E-state index is 5.22. The van der Waals surface area contributed by atoms with E-state index in [-0.39, 0.29) is 10.8 Å². The van der Waals surface area contributed by atoms with E-state index in [0.29, 0.717) is 0 Å². The van der Waals surface area contributed by atoms with Gasteiger partial charge < -0.3 is 4.90 Å². The Morgan fingerprint density at radius 2 is 0.875 bits per heavy atom. The number of rotatable bonds is 7. The molecule has 0 spiro atoms. The van der Waals surface area contributed by atoms with Crippen LogP contribution in [0.15, 0.2) is 182 Å². The molecule has 0 atom stereocenters. The molecule has 270 valence electrons. The Morgan fingerprint density at radius 3 is 1.45 bits per heavy atom. The SMILES string of the molecule is CC1(C)C2=C(c3ccc(-c4ccc(-c5nc(-c6ccccc6)c(-c6ccccc6)s5)cc4)cc31)C(C)(C)c1cc(N(c3ccccc3)c3ccccc3)ccc12. The highest BCUT2D eigenvalue weighted by Gasteiger charge is 2.50. The summed E-state index contributed by atoms with van der Waals surface area (Å²) in [6.45, 7) is 9.65. The lowest BCUT2D eigenvalue weighted by molar-refractivity contribution is 0.694. The molecule has 0 aliphatic heterocycles. The first kappa shape index (κ1) is 34.2. The second kappa shape index (κ2) is 13.2. The molecule has 0 bridgehead atoms. The van der Waals surface area contributed by atoms with Gasteiger partial charge >= 0.3 is 0 Å². The molecular formula is C53H42N2S. The van der Waals surface area contributed by atoms with Gasteiger partial charge in [0.15, 0.2) is 0 Å². The van der Waals surface area contributed by atoms with Crippen LogP contribution in [-0.4, -0.2) is 4.98 Å². The Kier molecular flexibility index (Phi) is 8.06. The fourth-order valence-electron chi connectivity index (χ4n) is 9.13. The summed E-state index contributed by atoms with van der Waals surface area (Å²) in [6, 6.07) is 65.8. The zero-order valence-electron chi connectivity index (χ0n) is 32.1. The molecule has 1 aromatic heterocycles. The molecule has 0 N–H and O–H groups in total. The predicted molar refractivity (Wildman–Crippen MR) is 238 cm³/mol. The van der Waals surface area contributed by atoms with Gasteiger partial charge in [0.1, 0.15) is 5.01 Å². The van der Waals surface area contributed by atoms with Crippen molar-refractivity contribution < 1.29 is 0 Å². The van der Waals surface area contributed by atoms with Crippen LogP contribution in [0.3, 0.4) is 0 Å². The average molecular weight is 739 g/mol. The van der Waals surface area contributed by atoms with E-state index in [1.807, 2.05) is 0 Å². The van der Waals surface area contributed by atoms with E-state index in [9.17, 15) is 0 Å². The summed E-state index contributed by atoms with van der Waals surface area (Å²) in [5.41, 5.74) is 18.6. The van der Waals surface area contributed by atoms with Gasteiger partial charge in [-0.05, 0) is 92.6 Å². The summed E-state index contributed by atoms with van der Waals surface area (Å²) in [5.74, 6) is 0. The van der Waals surface area contributed by atoms with Crippen LogP contribution in [0.1, 0.15) is 49.9 Å². The van der Waals surface area contributed by atoms with Gasteiger partial charge in [0, 0.05) is 39.0 Å². The van der Waals surface area contributed by atoms with E-state index in [1.54, 1.807) is 11.3 Å². The molecule has 2 nitrogen and oxygen atoms in total. The summed E-state index contributed by atoms with van der Waals surface area (Å²) in [4.78, 5) is 8.78. The third-order valence-corrected chi connectivity index (χ3v) is 13.0. The van der Waals surface area contributed by atoms with E-state index in [2.05, 4.69) is 215 Å². The zero-order chi connectivity index (χ0) is 38.0. The number of hydrogen-bond acceptors (Lipinski definition) is 3. The largest absolute Gasteiger partial charge is 0.310 e. The van der Waals surface area contributed by atoms with E-state index in [4.69, 9.17) is 4.98 Å². The smallest absolute Gasteiger partial charge is 0.124 e. The van der Waals surface area contributed by atoms with Crippen molar-refractivity contribution in [1.29, 1.82) is 0 Å². The number of fused-ring (bicyclic) bond motifs is 4. The molecular weight excluding hydrogens is 697 g/mol. The first-order chi connectivity index (χ1) is 27.3. The van der Waals surface area contributed by atoms with Crippen LogP contribution in [0.4, 0.5) is 17.1 Å². The molecule has 0 saturated heterocycles. The van der Waals surface area contributed by atoms with Crippen molar-refractivity contribution in [3.8, 4) is 43.4 Å². The van der Waals surface area contributed by atoms with E-state index in [0.717, 1.165) is 33.2 Å². The third kappa shape index (κ3) is 5.49. The molecule has 0 radical (unpaired) electrons. The quantitative estimate of drug-likeness (QED) is 0.162. The molecule has 0 saturated carbocycles. The minimum Gasteiger partial charge on any atom is -0.310 e. The van der Waals surface area contributed by atoms with Crippen molar-refractivity contribution >= 4 is 39.5 Å². The monoisotopic (exact) mass is 738 g/mol. The Labute approximate surface area is 334 Å². The molecule has 0 unspecified atom stereocenters. The number of aromatic nitrogens is 1. The number of anilines is 3. The van der Waals surface area contributed by atoms with Crippen molar-refractivity contribution in [3.05, 3.63) is 204 Å². The maximum Gasteiger partial charge on any atom is 0.124 e. The number of benzene rings is 7. The van der Waals surface area contributed by atoms with Crippen LogP contribution in [0.2, 0.25) is 0 Å². The Hall–Kier alpha value is -6.29. The van der Waals surface area contributed by atoms with Gasteiger partial charge in [-0.2, -0.15) is 0 Å². The second-order valence-electron chi connectivity index (χ2n) is 16.0. The highest BCUT2D eigenvalue weighted by molar-refractivity contribution is 7.19. The van der Waals surface area contributed by atoms with Gasteiger partial charge in [0.2, 0.25) is 0 Å². The van der Waals surface area contributed by atoms with E-state index >= 15 is 0 Å². The lowest BCUT2D eigenvalue weighted by Crippen LogP contribution is -2.20. The number of allylic oxidation sites excluding steroid dienone is 2. The lowest BCUT2D eigenvalue weighted by Gasteiger charge is -2.31. The number of hydrogen-bond donors (Lipinski definition) is 0. The summed E-state index contributed by atoms with van der Waals surface area (Å²) >= 11 is 1.76. The van der Waals surface area contributed by atoms with Crippen molar-refractivity contribution in [2.75, 3.05) is 4.90 Å². The van der Waals surface area contributed by atoms with Gasteiger partial charge in [-0.25, -0.2) is 4.98 Å². The van der Waals surface area contributed by atoms with E-state index < -0.39 is 0 Å². The summed E-state index contributed by atoms with van der Waals surface area (Å²) in [7, 11) is 0. The van der Waals surface area contributed by atoms with Gasteiger partial charge in [0.25, 0.3) is 0 Å². The van der Waals surface area contributed by atoms with Crippen LogP contribution in [0.5, 0.6) is 0 Å². The minimum atomic E-state index is -0.156. The molecule has 3 heteroatoms. The van der Waals surface area contributed by atoms with Gasteiger partial charge in [0.05, 0.1) is 10.6 Å². The molecule has 1 heterocycles. The van der Waals surface area contributed by atoms with Gasteiger partial charge in [-0.1, -0.05) is 167 Å². The van der Waals surface area contributed by atoms with Crippen molar-refractivity contribution in [3.63, 3.8) is 0 Å². The van der Waals surface area contributed by atoms with Crippen LogP contribution in [0, 0.1) is 0 Å². The Morgan fingerprint density at radius 1 is 0.411 bits per heavy atom. The number of para-hydroxylation sites is 2. The van der Waals surface area contributed by atoms with E-state index in [1.165, 1.54) is 60.7 Å². The molecule has 0 fully saturated rings. The number of thiazole rings is 1. The Bertz CT molecular complexity index is 2660. The van der Waals surface area contributed by atoms with Crippen molar-refractivity contribution in [2.24, 2.45) is 0 Å².